The van der Waals surface area contributed by atoms with E-state index in [1.54, 1.807) is 0 Å². The molecule has 1 saturated carbocycles. The van der Waals surface area contributed by atoms with Crippen LogP contribution in [0.1, 0.15) is 32.1 Å². The lowest BCUT2D eigenvalue weighted by atomic mass is 9.78. The van der Waals surface area contributed by atoms with Crippen molar-refractivity contribution in [2.75, 3.05) is 6.61 Å². The Balaban J connectivity index is 1.43. The summed E-state index contributed by atoms with van der Waals surface area (Å²) in [6.45, 7) is 2.62. The summed E-state index contributed by atoms with van der Waals surface area (Å²) >= 11 is 0. The molecule has 28 heavy (non-hydrogen) atoms. The second-order valence-corrected chi connectivity index (χ2v) is 7.48. The molecule has 1 aliphatic carbocycles. The molecule has 152 valence electrons. The molecule has 6 atom stereocenters. The SMILES string of the molecule is C=CC(=O)OCC(=O)OC1C2OC(=O)C3C2OC1C3C(=O)OC1CCCCC1. The van der Waals surface area contributed by atoms with Gasteiger partial charge in [0.2, 0.25) is 0 Å². The van der Waals surface area contributed by atoms with Gasteiger partial charge in [-0.2, -0.15) is 0 Å². The topological polar surface area (TPSA) is 114 Å². The van der Waals surface area contributed by atoms with Gasteiger partial charge in [-0.3, -0.25) is 9.59 Å². The Morgan fingerprint density at radius 2 is 1.82 bits per heavy atom. The highest BCUT2D eigenvalue weighted by atomic mass is 16.7. The molecule has 4 rings (SSSR count). The first-order chi connectivity index (χ1) is 13.5. The summed E-state index contributed by atoms with van der Waals surface area (Å²) in [4.78, 5) is 48.1. The molecule has 0 aromatic rings. The molecule has 0 aromatic heterocycles. The molecule has 9 heteroatoms. The van der Waals surface area contributed by atoms with Crippen LogP contribution in [0.25, 0.3) is 0 Å². The third kappa shape index (κ3) is 3.28. The van der Waals surface area contributed by atoms with E-state index in [9.17, 15) is 19.2 Å². The minimum absolute atomic E-state index is 0.159. The lowest BCUT2D eigenvalue weighted by Crippen LogP contribution is -2.48. The molecule has 0 aromatic carbocycles. The number of esters is 4. The van der Waals surface area contributed by atoms with Crippen molar-refractivity contribution in [2.45, 2.75) is 62.6 Å². The first kappa shape index (κ1) is 18.9. The maximum atomic E-state index is 12.8. The normalized spacial score (nSPS) is 35.9. The number of carbonyl (C=O) groups is 4. The van der Waals surface area contributed by atoms with Crippen molar-refractivity contribution in [2.24, 2.45) is 11.8 Å². The number of fused-ring (bicyclic) bond motifs is 1. The van der Waals surface area contributed by atoms with Crippen molar-refractivity contribution in [1.82, 2.24) is 0 Å². The first-order valence-corrected chi connectivity index (χ1v) is 9.54. The third-order valence-corrected chi connectivity index (χ3v) is 5.78. The minimum Gasteiger partial charge on any atom is -0.462 e. The summed E-state index contributed by atoms with van der Waals surface area (Å²) in [6, 6.07) is 0. The van der Waals surface area contributed by atoms with E-state index in [2.05, 4.69) is 11.3 Å². The summed E-state index contributed by atoms with van der Waals surface area (Å²) in [5.74, 6) is -4.25. The fraction of sp³-hybridized carbons (Fsp3) is 0.684. The van der Waals surface area contributed by atoms with E-state index in [-0.39, 0.29) is 6.10 Å². The molecule has 0 N–H and O–H groups in total. The molecule has 4 aliphatic rings. The van der Waals surface area contributed by atoms with Gasteiger partial charge in [-0.15, -0.1) is 0 Å². The number of ether oxygens (including phenoxy) is 5. The van der Waals surface area contributed by atoms with Gasteiger partial charge < -0.3 is 23.7 Å². The van der Waals surface area contributed by atoms with Crippen molar-refractivity contribution in [1.29, 1.82) is 0 Å². The van der Waals surface area contributed by atoms with Gasteiger partial charge in [0.1, 0.15) is 30.1 Å². The summed E-state index contributed by atoms with van der Waals surface area (Å²) < 4.78 is 26.7. The Morgan fingerprint density at radius 3 is 2.54 bits per heavy atom. The van der Waals surface area contributed by atoms with Crippen molar-refractivity contribution in [3.8, 4) is 0 Å². The average Bonchev–Trinajstić information content (AvgIpc) is 3.30. The standard InChI is InChI=1S/C19H22O9/c1-2-10(20)24-8-11(21)26-16-14-12(13-15(27-14)17(16)28-19(13)23)18(22)25-9-6-4-3-5-7-9/h2,9,12-17H,1,3-8H2. The van der Waals surface area contributed by atoms with Crippen molar-refractivity contribution in [3.05, 3.63) is 12.7 Å². The lowest BCUT2D eigenvalue weighted by molar-refractivity contribution is -0.171. The van der Waals surface area contributed by atoms with Crippen LogP contribution in [-0.4, -0.2) is 61.0 Å². The number of rotatable bonds is 6. The molecule has 0 amide bonds. The molecule has 2 bridgehead atoms. The van der Waals surface area contributed by atoms with E-state index in [1.807, 2.05) is 0 Å². The number of hydrogen-bond acceptors (Lipinski definition) is 9. The summed E-state index contributed by atoms with van der Waals surface area (Å²) in [5, 5.41) is 0. The zero-order valence-electron chi connectivity index (χ0n) is 15.2. The van der Waals surface area contributed by atoms with Gasteiger partial charge in [0, 0.05) is 6.08 Å². The fourth-order valence-electron chi connectivity index (χ4n) is 4.54. The maximum Gasteiger partial charge on any atom is 0.344 e. The average molecular weight is 394 g/mol. The first-order valence-electron chi connectivity index (χ1n) is 9.54. The molecule has 4 fully saturated rings. The molecule has 0 radical (unpaired) electrons. The Bertz CT molecular complexity index is 696. The van der Waals surface area contributed by atoms with Crippen LogP contribution in [0.2, 0.25) is 0 Å². The highest BCUT2D eigenvalue weighted by molar-refractivity contribution is 5.87. The second-order valence-electron chi connectivity index (χ2n) is 7.48. The zero-order chi connectivity index (χ0) is 19.8. The van der Waals surface area contributed by atoms with Crippen LogP contribution in [0.4, 0.5) is 0 Å². The van der Waals surface area contributed by atoms with E-state index < -0.39 is 66.7 Å². The second kappa shape index (κ2) is 7.54. The van der Waals surface area contributed by atoms with Crippen LogP contribution in [0.5, 0.6) is 0 Å². The van der Waals surface area contributed by atoms with Crippen LogP contribution in [0, 0.1) is 11.8 Å². The highest BCUT2D eigenvalue weighted by Crippen LogP contribution is 2.51. The van der Waals surface area contributed by atoms with Crippen LogP contribution in [0.3, 0.4) is 0 Å². The van der Waals surface area contributed by atoms with Gasteiger partial charge in [-0.05, 0) is 25.7 Å². The van der Waals surface area contributed by atoms with Gasteiger partial charge in [0.05, 0.1) is 0 Å². The predicted molar refractivity (Wildman–Crippen MR) is 89.5 cm³/mol. The molecule has 3 aliphatic heterocycles. The van der Waals surface area contributed by atoms with Gasteiger partial charge in [-0.1, -0.05) is 13.0 Å². The van der Waals surface area contributed by atoms with Crippen molar-refractivity contribution in [3.63, 3.8) is 0 Å². The summed E-state index contributed by atoms with van der Waals surface area (Å²) in [6.07, 6.45) is 2.34. The van der Waals surface area contributed by atoms with Crippen molar-refractivity contribution >= 4 is 23.9 Å². The molecule has 3 saturated heterocycles. The maximum absolute atomic E-state index is 12.8. The predicted octanol–water partition coefficient (Wildman–Crippen LogP) is 0.442. The lowest BCUT2D eigenvalue weighted by Gasteiger charge is -2.29. The highest BCUT2D eigenvalue weighted by Gasteiger charge is 2.72. The van der Waals surface area contributed by atoms with Crippen LogP contribution in [-0.2, 0) is 42.9 Å². The third-order valence-electron chi connectivity index (χ3n) is 5.78. The fourth-order valence-corrected chi connectivity index (χ4v) is 4.54. The van der Waals surface area contributed by atoms with E-state index in [0.717, 1.165) is 38.2 Å². The summed E-state index contributed by atoms with van der Waals surface area (Å²) in [7, 11) is 0. The molecule has 6 unspecified atom stereocenters. The largest absolute Gasteiger partial charge is 0.462 e. The minimum atomic E-state index is -0.938. The molecular formula is C19H22O9. The van der Waals surface area contributed by atoms with E-state index in [0.29, 0.717) is 0 Å². The van der Waals surface area contributed by atoms with Crippen LogP contribution >= 0.6 is 0 Å². The van der Waals surface area contributed by atoms with Gasteiger partial charge in [-0.25, -0.2) is 9.59 Å². The molecular weight excluding hydrogens is 372 g/mol. The number of carbonyl (C=O) groups excluding carboxylic acids is 4. The monoisotopic (exact) mass is 394 g/mol. The van der Waals surface area contributed by atoms with Crippen LogP contribution < -0.4 is 0 Å². The van der Waals surface area contributed by atoms with Crippen LogP contribution in [0.15, 0.2) is 12.7 Å². The van der Waals surface area contributed by atoms with Gasteiger partial charge in [0.25, 0.3) is 0 Å². The Labute approximate surface area is 161 Å². The molecule has 9 nitrogen and oxygen atoms in total. The molecule has 3 heterocycles. The quantitative estimate of drug-likeness (QED) is 0.360. The van der Waals surface area contributed by atoms with E-state index in [1.165, 1.54) is 0 Å². The number of hydrogen-bond donors (Lipinski definition) is 0. The van der Waals surface area contributed by atoms with Gasteiger partial charge >= 0.3 is 23.9 Å². The Hall–Kier alpha value is -2.42. The van der Waals surface area contributed by atoms with Crippen molar-refractivity contribution < 1.29 is 42.9 Å². The zero-order valence-corrected chi connectivity index (χ0v) is 15.2. The smallest absolute Gasteiger partial charge is 0.344 e. The Morgan fingerprint density at radius 1 is 1.07 bits per heavy atom. The molecule has 0 spiro atoms. The van der Waals surface area contributed by atoms with E-state index >= 15 is 0 Å². The summed E-state index contributed by atoms with van der Waals surface area (Å²) in [5.41, 5.74) is 0. The van der Waals surface area contributed by atoms with Gasteiger partial charge in [0.15, 0.2) is 18.8 Å². The van der Waals surface area contributed by atoms with E-state index in [4.69, 9.17) is 18.9 Å². The Kier molecular flexibility index (Phi) is 5.09.